The highest BCUT2D eigenvalue weighted by Crippen LogP contribution is 2.37. The first kappa shape index (κ1) is 12.5. The van der Waals surface area contributed by atoms with E-state index < -0.39 is 0 Å². The molecule has 3 rings (SSSR count). The van der Waals surface area contributed by atoms with Crippen molar-refractivity contribution in [3.05, 3.63) is 30.5 Å². The Morgan fingerprint density at radius 3 is 2.84 bits per heavy atom. The van der Waals surface area contributed by atoms with Gasteiger partial charge in [0, 0.05) is 17.5 Å². The molecule has 1 saturated carbocycles. The summed E-state index contributed by atoms with van der Waals surface area (Å²) in [5.74, 6) is 2.36. The quantitative estimate of drug-likeness (QED) is 0.862. The highest BCUT2D eigenvalue weighted by Gasteiger charge is 2.36. The smallest absolute Gasteiger partial charge is 0.134 e. The number of hydrogen-bond acceptors (Lipinski definition) is 3. The average Bonchev–Trinajstić information content (AvgIpc) is 2.42. The molecule has 1 aliphatic carbocycles. The Morgan fingerprint density at radius 1 is 1.37 bits per heavy atom. The number of halogens is 1. The summed E-state index contributed by atoms with van der Waals surface area (Å²) < 4.78 is 5.29. The number of nitrogens with one attached hydrogen (secondary N) is 1. The molecular formula is C15H17ClN2O. The molecule has 1 aromatic carbocycles. The molecule has 0 atom stereocenters. The van der Waals surface area contributed by atoms with Crippen LogP contribution in [-0.4, -0.2) is 23.5 Å². The SMILES string of the molecule is COc1ccc2ccnc(NC3(CCl)CCC3)c2c1. The van der Waals surface area contributed by atoms with Gasteiger partial charge >= 0.3 is 0 Å². The summed E-state index contributed by atoms with van der Waals surface area (Å²) in [7, 11) is 1.68. The van der Waals surface area contributed by atoms with Crippen LogP contribution in [0, 0.1) is 0 Å². The van der Waals surface area contributed by atoms with Crippen LogP contribution < -0.4 is 10.1 Å². The maximum absolute atomic E-state index is 6.10. The number of nitrogens with zero attached hydrogens (tertiary/aromatic N) is 1. The van der Waals surface area contributed by atoms with Crippen molar-refractivity contribution >= 4 is 28.2 Å². The van der Waals surface area contributed by atoms with E-state index in [9.17, 15) is 0 Å². The molecule has 4 heteroatoms. The van der Waals surface area contributed by atoms with Crippen molar-refractivity contribution in [2.24, 2.45) is 0 Å². The van der Waals surface area contributed by atoms with Gasteiger partial charge in [0.25, 0.3) is 0 Å². The van der Waals surface area contributed by atoms with Crippen LogP contribution in [0.3, 0.4) is 0 Å². The average molecular weight is 277 g/mol. The molecule has 0 aliphatic heterocycles. The van der Waals surface area contributed by atoms with Gasteiger partial charge < -0.3 is 10.1 Å². The molecule has 1 fully saturated rings. The van der Waals surface area contributed by atoms with E-state index in [0.29, 0.717) is 5.88 Å². The van der Waals surface area contributed by atoms with Crippen LogP contribution in [0.15, 0.2) is 30.5 Å². The van der Waals surface area contributed by atoms with Crippen LogP contribution >= 0.6 is 11.6 Å². The molecule has 19 heavy (non-hydrogen) atoms. The molecule has 0 saturated heterocycles. The maximum Gasteiger partial charge on any atom is 0.134 e. The van der Waals surface area contributed by atoms with Gasteiger partial charge in [-0.25, -0.2) is 4.98 Å². The zero-order valence-electron chi connectivity index (χ0n) is 10.9. The number of rotatable bonds is 4. The summed E-state index contributed by atoms with van der Waals surface area (Å²) in [5, 5.41) is 5.77. The number of pyridine rings is 1. The number of ether oxygens (including phenoxy) is 1. The summed E-state index contributed by atoms with van der Waals surface area (Å²) in [6.07, 6.45) is 5.28. The lowest BCUT2D eigenvalue weighted by molar-refractivity contribution is 0.310. The molecule has 100 valence electrons. The van der Waals surface area contributed by atoms with E-state index in [1.807, 2.05) is 24.4 Å². The van der Waals surface area contributed by atoms with E-state index in [1.54, 1.807) is 7.11 Å². The molecule has 1 aromatic heterocycles. The van der Waals surface area contributed by atoms with E-state index in [2.05, 4.69) is 16.4 Å². The molecule has 1 aliphatic rings. The number of benzene rings is 1. The number of hydrogen-bond donors (Lipinski definition) is 1. The maximum atomic E-state index is 6.10. The highest BCUT2D eigenvalue weighted by molar-refractivity contribution is 6.19. The number of aromatic nitrogens is 1. The molecule has 2 aromatic rings. The Labute approximate surface area is 117 Å². The second-order valence-electron chi connectivity index (χ2n) is 5.14. The molecule has 3 nitrogen and oxygen atoms in total. The molecule has 0 unspecified atom stereocenters. The van der Waals surface area contributed by atoms with Crippen LogP contribution in [0.5, 0.6) is 5.75 Å². The third-order valence-corrected chi connectivity index (χ3v) is 4.43. The highest BCUT2D eigenvalue weighted by atomic mass is 35.5. The fraction of sp³-hybridized carbons (Fsp3) is 0.400. The monoisotopic (exact) mass is 276 g/mol. The molecule has 0 amide bonds. The Morgan fingerprint density at radius 2 is 2.21 bits per heavy atom. The van der Waals surface area contributed by atoms with Crippen molar-refractivity contribution in [1.29, 1.82) is 0 Å². The summed E-state index contributed by atoms with van der Waals surface area (Å²) >= 11 is 6.10. The summed E-state index contributed by atoms with van der Waals surface area (Å²) in [5.41, 5.74) is 0.0198. The first-order valence-corrected chi connectivity index (χ1v) is 7.07. The molecular weight excluding hydrogens is 260 g/mol. The van der Waals surface area contributed by atoms with Crippen molar-refractivity contribution < 1.29 is 4.74 Å². The zero-order chi connectivity index (χ0) is 13.3. The largest absolute Gasteiger partial charge is 0.497 e. The minimum absolute atomic E-state index is 0.0198. The summed E-state index contributed by atoms with van der Waals surface area (Å²) in [6, 6.07) is 8.04. The molecule has 0 radical (unpaired) electrons. The van der Waals surface area contributed by atoms with Crippen molar-refractivity contribution in [3.63, 3.8) is 0 Å². The third kappa shape index (κ3) is 2.23. The van der Waals surface area contributed by atoms with Crippen LogP contribution in [0.25, 0.3) is 10.8 Å². The van der Waals surface area contributed by atoms with Crippen molar-refractivity contribution in [2.75, 3.05) is 18.3 Å². The number of methoxy groups -OCH3 is 1. The normalized spacial score (nSPS) is 16.9. The lowest BCUT2D eigenvalue weighted by Gasteiger charge is -2.41. The summed E-state index contributed by atoms with van der Waals surface area (Å²) in [4.78, 5) is 4.47. The van der Waals surface area contributed by atoms with Gasteiger partial charge in [-0.1, -0.05) is 6.07 Å². The van der Waals surface area contributed by atoms with Gasteiger partial charge in [0.15, 0.2) is 0 Å². The van der Waals surface area contributed by atoms with Gasteiger partial charge in [0.1, 0.15) is 11.6 Å². The Hall–Kier alpha value is -1.48. The van der Waals surface area contributed by atoms with Crippen molar-refractivity contribution in [2.45, 2.75) is 24.8 Å². The molecule has 1 N–H and O–H groups in total. The van der Waals surface area contributed by atoms with Crippen molar-refractivity contribution in [3.8, 4) is 5.75 Å². The van der Waals surface area contributed by atoms with E-state index >= 15 is 0 Å². The Bertz CT molecular complexity index is 590. The number of fused-ring (bicyclic) bond motifs is 1. The van der Waals surface area contributed by atoms with Crippen LogP contribution in [0.2, 0.25) is 0 Å². The third-order valence-electron chi connectivity index (χ3n) is 3.92. The zero-order valence-corrected chi connectivity index (χ0v) is 11.7. The second kappa shape index (κ2) is 4.89. The summed E-state index contributed by atoms with van der Waals surface area (Å²) in [6.45, 7) is 0. The van der Waals surface area contributed by atoms with E-state index in [-0.39, 0.29) is 5.54 Å². The van der Waals surface area contributed by atoms with Crippen LogP contribution in [0.1, 0.15) is 19.3 Å². The van der Waals surface area contributed by atoms with Gasteiger partial charge in [-0.05, 0) is 42.8 Å². The van der Waals surface area contributed by atoms with E-state index in [4.69, 9.17) is 16.3 Å². The lowest BCUT2D eigenvalue weighted by atomic mass is 9.78. The van der Waals surface area contributed by atoms with Gasteiger partial charge in [0.2, 0.25) is 0 Å². The van der Waals surface area contributed by atoms with E-state index in [1.165, 1.54) is 6.42 Å². The molecule has 0 bridgehead atoms. The van der Waals surface area contributed by atoms with Crippen molar-refractivity contribution in [1.82, 2.24) is 4.98 Å². The minimum atomic E-state index is 0.0198. The molecule has 0 spiro atoms. The first-order valence-electron chi connectivity index (χ1n) is 6.53. The predicted octanol–water partition coefficient (Wildman–Crippen LogP) is 3.82. The lowest BCUT2D eigenvalue weighted by Crippen LogP contribution is -2.47. The number of anilines is 1. The Kier molecular flexibility index (Phi) is 3.23. The van der Waals surface area contributed by atoms with Gasteiger partial charge in [0.05, 0.1) is 12.6 Å². The van der Waals surface area contributed by atoms with Gasteiger partial charge in [-0.2, -0.15) is 0 Å². The Balaban J connectivity index is 2.02. The topological polar surface area (TPSA) is 34.1 Å². The first-order chi connectivity index (χ1) is 9.26. The molecule has 1 heterocycles. The second-order valence-corrected chi connectivity index (χ2v) is 5.41. The predicted molar refractivity (Wildman–Crippen MR) is 79.2 cm³/mol. The van der Waals surface area contributed by atoms with Gasteiger partial charge in [-0.15, -0.1) is 11.6 Å². The van der Waals surface area contributed by atoms with Crippen LogP contribution in [-0.2, 0) is 0 Å². The minimum Gasteiger partial charge on any atom is -0.497 e. The fourth-order valence-electron chi connectivity index (χ4n) is 2.52. The van der Waals surface area contributed by atoms with E-state index in [0.717, 1.165) is 35.2 Å². The van der Waals surface area contributed by atoms with Gasteiger partial charge in [-0.3, -0.25) is 0 Å². The fourth-order valence-corrected chi connectivity index (χ4v) is 2.85. The number of alkyl halides is 1. The van der Waals surface area contributed by atoms with Crippen LogP contribution in [0.4, 0.5) is 5.82 Å². The standard InChI is InChI=1S/C15H17ClN2O/c1-19-12-4-3-11-5-8-17-14(13(11)9-12)18-15(10-16)6-2-7-15/h3-5,8-9H,2,6-7,10H2,1H3,(H,17,18).